The minimum absolute atomic E-state index is 0.0195. The molecule has 0 spiro atoms. The monoisotopic (exact) mass is 208 g/mol. The van der Waals surface area contributed by atoms with Crippen molar-refractivity contribution in [3.8, 4) is 0 Å². The van der Waals surface area contributed by atoms with Crippen LogP contribution >= 0.6 is 0 Å². The fraction of sp³-hybridized carbons (Fsp3) is 0.200. The third-order valence-electron chi connectivity index (χ3n) is 1.67. The zero-order valence-corrected chi connectivity index (χ0v) is 9.06. The van der Waals surface area contributed by atoms with E-state index < -0.39 is 0 Å². The summed E-state index contributed by atoms with van der Waals surface area (Å²) in [7, 11) is 0. The van der Waals surface area contributed by atoms with Crippen molar-refractivity contribution in [3.05, 3.63) is 45.2 Å². The Morgan fingerprint density at radius 1 is 1.00 bits per heavy atom. The summed E-state index contributed by atoms with van der Waals surface area (Å²) in [6.45, 7) is 4.41. The zero-order valence-electron chi connectivity index (χ0n) is 6.96. The Bertz CT molecular complexity index is 242. The summed E-state index contributed by atoms with van der Waals surface area (Å²) in [6.07, 6.45) is 10.6. The summed E-state index contributed by atoms with van der Waals surface area (Å²) < 4.78 is 1.57. The molecule has 1 atom stereocenters. The first-order valence-electron chi connectivity index (χ1n) is 3.74. The normalized spacial score (nSPS) is 20.2. The van der Waals surface area contributed by atoms with Gasteiger partial charge in [-0.05, 0) is 0 Å². The van der Waals surface area contributed by atoms with E-state index in [2.05, 4.69) is 49.1 Å². The van der Waals surface area contributed by atoms with Gasteiger partial charge in [-0.25, -0.2) is 0 Å². The van der Waals surface area contributed by atoms with Gasteiger partial charge in [-0.1, -0.05) is 0 Å². The summed E-state index contributed by atoms with van der Waals surface area (Å²) in [5.74, 6) is 0. The second-order valence-corrected chi connectivity index (χ2v) is 5.43. The van der Waals surface area contributed by atoms with Gasteiger partial charge in [0.2, 0.25) is 0 Å². The summed E-state index contributed by atoms with van der Waals surface area (Å²) in [5, 5.41) is 0. The first-order valence-corrected chi connectivity index (χ1v) is 6.00. The SMILES string of the molecule is CC1=C(C)[AsH]C=CC=CC=C1. The van der Waals surface area contributed by atoms with Crippen LogP contribution in [0.4, 0.5) is 0 Å². The van der Waals surface area contributed by atoms with Crippen molar-refractivity contribution in [3.63, 3.8) is 0 Å². The van der Waals surface area contributed by atoms with Crippen LogP contribution in [0.3, 0.4) is 0 Å². The molecule has 1 unspecified atom stereocenters. The molecule has 58 valence electrons. The number of hydrogen-bond donors (Lipinski definition) is 0. The van der Waals surface area contributed by atoms with Gasteiger partial charge in [-0.15, -0.1) is 0 Å². The van der Waals surface area contributed by atoms with Crippen LogP contribution in [0.5, 0.6) is 0 Å². The van der Waals surface area contributed by atoms with Crippen molar-refractivity contribution in [1.82, 2.24) is 0 Å². The van der Waals surface area contributed by atoms with Crippen LogP contribution in [0.15, 0.2) is 45.2 Å². The second kappa shape index (κ2) is 4.41. The molecular weight excluding hydrogens is 195 g/mol. The average molecular weight is 208 g/mol. The molecule has 0 amide bonds. The predicted octanol–water partition coefficient (Wildman–Crippen LogP) is 2.36. The fourth-order valence-corrected chi connectivity index (χ4v) is 2.41. The van der Waals surface area contributed by atoms with Gasteiger partial charge in [0.1, 0.15) is 0 Å². The first-order chi connectivity index (χ1) is 5.30. The quantitative estimate of drug-likeness (QED) is 0.536. The fourth-order valence-electron chi connectivity index (χ4n) is 0.796. The van der Waals surface area contributed by atoms with E-state index in [0.29, 0.717) is 0 Å². The maximum atomic E-state index is 2.31. The van der Waals surface area contributed by atoms with Crippen LogP contribution in [0.25, 0.3) is 0 Å². The van der Waals surface area contributed by atoms with Gasteiger partial charge in [0.05, 0.1) is 0 Å². The molecule has 0 aromatic heterocycles. The summed E-state index contributed by atoms with van der Waals surface area (Å²) in [5.41, 5.74) is 1.43. The molecule has 1 heteroatoms. The molecule has 0 nitrogen and oxygen atoms in total. The molecule has 1 heterocycles. The Balaban J connectivity index is 2.86. The Labute approximate surface area is 75.1 Å². The third-order valence-corrected chi connectivity index (χ3v) is 4.16. The van der Waals surface area contributed by atoms with E-state index in [1.165, 1.54) is 5.57 Å². The topological polar surface area (TPSA) is 0 Å². The molecule has 1 aliphatic heterocycles. The van der Waals surface area contributed by atoms with Gasteiger partial charge < -0.3 is 0 Å². The average Bonchev–Trinajstić information content (AvgIpc) is 2.07. The molecule has 1 rings (SSSR count). The van der Waals surface area contributed by atoms with E-state index in [1.807, 2.05) is 0 Å². The van der Waals surface area contributed by atoms with E-state index >= 15 is 0 Å². The van der Waals surface area contributed by atoms with E-state index in [9.17, 15) is 0 Å². The first kappa shape index (κ1) is 8.61. The Hall–Kier alpha value is -0.482. The van der Waals surface area contributed by atoms with Crippen LogP contribution in [-0.4, -0.2) is 15.8 Å². The van der Waals surface area contributed by atoms with E-state index in [1.54, 1.807) is 4.36 Å². The van der Waals surface area contributed by atoms with Gasteiger partial charge in [-0.2, -0.15) is 0 Å². The zero-order chi connectivity index (χ0) is 8.10. The van der Waals surface area contributed by atoms with Crippen molar-refractivity contribution in [2.45, 2.75) is 13.8 Å². The van der Waals surface area contributed by atoms with Crippen molar-refractivity contribution < 1.29 is 0 Å². The second-order valence-electron chi connectivity index (χ2n) is 2.56. The van der Waals surface area contributed by atoms with Crippen LogP contribution in [0, 0.1) is 0 Å². The Morgan fingerprint density at radius 2 is 1.73 bits per heavy atom. The van der Waals surface area contributed by atoms with E-state index in [-0.39, 0.29) is 15.8 Å². The van der Waals surface area contributed by atoms with E-state index in [0.717, 1.165) is 0 Å². The number of rotatable bonds is 0. The Kier molecular flexibility index (Phi) is 3.45. The molecule has 0 aromatic carbocycles. The van der Waals surface area contributed by atoms with Crippen LogP contribution in [0.1, 0.15) is 13.8 Å². The molecule has 0 fully saturated rings. The molecule has 0 radical (unpaired) electrons. The summed E-state index contributed by atoms with van der Waals surface area (Å²) in [6, 6.07) is 0. The molecular formula is C10H13As. The minimum atomic E-state index is 0.0195. The number of hydrogen-bond acceptors (Lipinski definition) is 0. The van der Waals surface area contributed by atoms with Gasteiger partial charge in [0.15, 0.2) is 0 Å². The molecule has 11 heavy (non-hydrogen) atoms. The molecule has 0 saturated heterocycles. The van der Waals surface area contributed by atoms with Crippen LogP contribution in [0.2, 0.25) is 0 Å². The number of allylic oxidation sites excluding steroid dienone is 7. The van der Waals surface area contributed by atoms with Crippen molar-refractivity contribution in [2.75, 3.05) is 0 Å². The summed E-state index contributed by atoms with van der Waals surface area (Å²) in [4.78, 5) is 2.31. The molecule has 0 saturated carbocycles. The standard InChI is InChI=1S/C10H13As/c1-9-7-5-3-4-6-8-11-10(9)2/h3-8,11H,1-2H3. The van der Waals surface area contributed by atoms with Crippen LogP contribution < -0.4 is 0 Å². The molecule has 1 aliphatic rings. The third kappa shape index (κ3) is 2.94. The molecule has 0 aromatic rings. The van der Waals surface area contributed by atoms with Crippen molar-refractivity contribution in [1.29, 1.82) is 0 Å². The predicted molar refractivity (Wildman–Crippen MR) is 52.9 cm³/mol. The molecule has 0 aliphatic carbocycles. The van der Waals surface area contributed by atoms with Crippen molar-refractivity contribution in [2.24, 2.45) is 0 Å². The van der Waals surface area contributed by atoms with Gasteiger partial charge in [0, 0.05) is 0 Å². The summed E-state index contributed by atoms with van der Waals surface area (Å²) >= 11 is 0.0195. The van der Waals surface area contributed by atoms with Gasteiger partial charge in [0.25, 0.3) is 0 Å². The molecule has 0 bridgehead atoms. The maximum absolute atomic E-state index is 2.31. The Morgan fingerprint density at radius 3 is 2.55 bits per heavy atom. The van der Waals surface area contributed by atoms with Crippen LogP contribution in [-0.2, 0) is 0 Å². The van der Waals surface area contributed by atoms with Gasteiger partial charge in [-0.3, -0.25) is 0 Å². The molecule has 0 N–H and O–H groups in total. The van der Waals surface area contributed by atoms with Crippen molar-refractivity contribution >= 4 is 15.8 Å². The van der Waals surface area contributed by atoms with Gasteiger partial charge >= 0.3 is 74.8 Å². The van der Waals surface area contributed by atoms with E-state index in [4.69, 9.17) is 0 Å².